The third kappa shape index (κ3) is 7.53. The molecule has 3 N–H and O–H groups in total. The maximum absolute atomic E-state index is 12.9. The summed E-state index contributed by atoms with van der Waals surface area (Å²) in [7, 11) is 0. The molecular formula is C33H36N2O5. The van der Waals surface area contributed by atoms with Gasteiger partial charge < -0.3 is 24.9 Å². The Morgan fingerprint density at radius 2 is 1.80 bits per heavy atom. The van der Waals surface area contributed by atoms with Gasteiger partial charge in [-0.25, -0.2) is 4.79 Å². The highest BCUT2D eigenvalue weighted by Gasteiger charge is 2.15. The molecular weight excluding hydrogens is 504 g/mol. The van der Waals surface area contributed by atoms with Crippen molar-refractivity contribution in [2.45, 2.75) is 46.5 Å². The van der Waals surface area contributed by atoms with Gasteiger partial charge in [0.25, 0.3) is 5.91 Å². The van der Waals surface area contributed by atoms with Crippen LogP contribution in [-0.2, 0) is 6.42 Å². The number of ether oxygens (including phenoxy) is 1. The molecule has 7 heteroatoms. The summed E-state index contributed by atoms with van der Waals surface area (Å²) in [5.41, 5.74) is 3.78. The molecule has 3 aromatic carbocycles. The lowest BCUT2D eigenvalue weighted by Crippen LogP contribution is -2.18. The second-order valence-corrected chi connectivity index (χ2v) is 10.0. The van der Waals surface area contributed by atoms with Crippen molar-refractivity contribution in [1.29, 1.82) is 0 Å². The molecule has 1 heterocycles. The first-order valence-corrected chi connectivity index (χ1v) is 13.6. The van der Waals surface area contributed by atoms with E-state index in [1.165, 1.54) is 12.1 Å². The van der Waals surface area contributed by atoms with Gasteiger partial charge in [0, 0.05) is 28.7 Å². The van der Waals surface area contributed by atoms with Crippen LogP contribution in [0.3, 0.4) is 0 Å². The third-order valence-electron chi connectivity index (χ3n) is 6.60. The Labute approximate surface area is 234 Å². The van der Waals surface area contributed by atoms with E-state index in [0.29, 0.717) is 40.9 Å². The zero-order valence-corrected chi connectivity index (χ0v) is 23.3. The van der Waals surface area contributed by atoms with Crippen LogP contribution in [0.2, 0.25) is 0 Å². The number of amides is 1. The second-order valence-electron chi connectivity index (χ2n) is 10.0. The van der Waals surface area contributed by atoms with Crippen LogP contribution in [0.5, 0.6) is 11.5 Å². The zero-order chi connectivity index (χ0) is 28.5. The molecule has 0 aliphatic carbocycles. The number of para-hydroxylation sites is 1. The summed E-state index contributed by atoms with van der Waals surface area (Å²) >= 11 is 0. The summed E-state index contributed by atoms with van der Waals surface area (Å²) in [5.74, 6) is 0.330. The van der Waals surface area contributed by atoms with Gasteiger partial charge in [0.2, 0.25) is 0 Å². The predicted molar refractivity (Wildman–Crippen MR) is 161 cm³/mol. The van der Waals surface area contributed by atoms with Crippen LogP contribution in [0.25, 0.3) is 11.0 Å². The highest BCUT2D eigenvalue weighted by atomic mass is 16.5. The minimum atomic E-state index is -0.643. The van der Waals surface area contributed by atoms with Crippen LogP contribution < -0.4 is 21.0 Å². The Hall–Kier alpha value is -4.52. The van der Waals surface area contributed by atoms with Crippen molar-refractivity contribution in [3.8, 4) is 11.5 Å². The van der Waals surface area contributed by atoms with E-state index in [0.717, 1.165) is 42.6 Å². The number of carbonyl (C=O) groups excluding carboxylic acids is 1. The maximum Gasteiger partial charge on any atom is 0.360 e. The average Bonchev–Trinajstić information content (AvgIpc) is 2.94. The number of allylic oxidation sites excluding steroid dienone is 2. The number of phenolic OH excluding ortho intramolecular Hbond substituents is 1. The Balaban J connectivity index is 1.35. The van der Waals surface area contributed by atoms with Gasteiger partial charge in [0.05, 0.1) is 6.61 Å². The molecule has 0 aliphatic heterocycles. The number of aromatic hydroxyl groups is 1. The SMILES string of the molecule is CC(C)=CCc1cc(C(=O)Nc2cc3ccc(OCCCCCNc4ccccc4)c(C)c3oc2=O)ccc1O. The van der Waals surface area contributed by atoms with E-state index in [2.05, 4.69) is 22.8 Å². The fraction of sp³-hybridized carbons (Fsp3) is 0.273. The first-order valence-electron chi connectivity index (χ1n) is 13.6. The van der Waals surface area contributed by atoms with Crippen LogP contribution >= 0.6 is 0 Å². The molecule has 0 aliphatic rings. The molecule has 40 heavy (non-hydrogen) atoms. The van der Waals surface area contributed by atoms with Crippen LogP contribution in [0.1, 0.15) is 54.6 Å². The van der Waals surface area contributed by atoms with Crippen LogP contribution in [0.15, 0.2) is 87.6 Å². The van der Waals surface area contributed by atoms with Crippen molar-refractivity contribution < 1.29 is 19.1 Å². The van der Waals surface area contributed by atoms with Crippen molar-refractivity contribution in [3.05, 3.63) is 105 Å². The molecule has 0 fully saturated rings. The summed E-state index contributed by atoms with van der Waals surface area (Å²) in [4.78, 5) is 25.6. The van der Waals surface area contributed by atoms with Gasteiger partial charge in [-0.3, -0.25) is 4.79 Å². The van der Waals surface area contributed by atoms with Crippen LogP contribution in [0.4, 0.5) is 11.4 Å². The van der Waals surface area contributed by atoms with Crippen molar-refractivity contribution >= 4 is 28.3 Å². The van der Waals surface area contributed by atoms with E-state index >= 15 is 0 Å². The van der Waals surface area contributed by atoms with Gasteiger partial charge in [0.15, 0.2) is 0 Å². The highest BCUT2D eigenvalue weighted by molar-refractivity contribution is 6.05. The Kier molecular flexibility index (Phi) is 9.62. The predicted octanol–water partition coefficient (Wildman–Crippen LogP) is 7.23. The number of nitrogens with one attached hydrogen (secondary N) is 2. The monoisotopic (exact) mass is 540 g/mol. The minimum Gasteiger partial charge on any atom is -0.508 e. The summed E-state index contributed by atoms with van der Waals surface area (Å²) in [6, 6.07) is 20.1. The topological polar surface area (TPSA) is 101 Å². The van der Waals surface area contributed by atoms with E-state index in [1.807, 2.05) is 57.2 Å². The van der Waals surface area contributed by atoms with Gasteiger partial charge in [-0.1, -0.05) is 29.8 Å². The number of fused-ring (bicyclic) bond motifs is 1. The molecule has 4 rings (SSSR count). The number of phenols is 1. The molecule has 0 atom stereocenters. The smallest absolute Gasteiger partial charge is 0.360 e. The molecule has 4 aromatic rings. The molecule has 0 unspecified atom stereocenters. The van der Waals surface area contributed by atoms with Gasteiger partial charge in [-0.05, 0) is 101 Å². The lowest BCUT2D eigenvalue weighted by molar-refractivity contribution is 0.102. The van der Waals surface area contributed by atoms with Crippen molar-refractivity contribution in [1.82, 2.24) is 0 Å². The first kappa shape index (κ1) is 28.5. The van der Waals surface area contributed by atoms with E-state index < -0.39 is 11.5 Å². The van der Waals surface area contributed by atoms with Gasteiger partial charge in [-0.2, -0.15) is 0 Å². The number of aryl methyl sites for hydroxylation is 1. The number of anilines is 2. The number of hydrogen-bond donors (Lipinski definition) is 3. The third-order valence-corrected chi connectivity index (χ3v) is 6.60. The number of carbonyl (C=O) groups is 1. The van der Waals surface area contributed by atoms with Crippen LogP contribution in [-0.4, -0.2) is 24.2 Å². The average molecular weight is 541 g/mol. The first-order chi connectivity index (χ1) is 19.3. The molecule has 0 saturated heterocycles. The van der Waals surface area contributed by atoms with E-state index in [9.17, 15) is 14.7 Å². The number of rotatable bonds is 12. The summed E-state index contributed by atoms with van der Waals surface area (Å²) in [6.07, 6.45) is 5.46. The van der Waals surface area contributed by atoms with Gasteiger partial charge in [-0.15, -0.1) is 0 Å². The summed E-state index contributed by atoms with van der Waals surface area (Å²) in [6.45, 7) is 7.27. The Morgan fingerprint density at radius 1 is 1.00 bits per heavy atom. The second kappa shape index (κ2) is 13.5. The fourth-order valence-electron chi connectivity index (χ4n) is 4.32. The van der Waals surface area contributed by atoms with E-state index in [1.54, 1.807) is 12.1 Å². The lowest BCUT2D eigenvalue weighted by atomic mass is 10.0. The number of benzene rings is 3. The van der Waals surface area contributed by atoms with Gasteiger partial charge in [0.1, 0.15) is 22.8 Å². The Bertz CT molecular complexity index is 1550. The molecule has 0 radical (unpaired) electrons. The molecule has 1 aromatic heterocycles. The van der Waals surface area contributed by atoms with Crippen molar-refractivity contribution in [2.24, 2.45) is 0 Å². The normalized spacial score (nSPS) is 10.8. The number of unbranched alkanes of at least 4 members (excludes halogenated alkanes) is 2. The zero-order valence-electron chi connectivity index (χ0n) is 23.3. The molecule has 0 bridgehead atoms. The molecule has 1 amide bonds. The van der Waals surface area contributed by atoms with Gasteiger partial charge >= 0.3 is 5.63 Å². The molecule has 0 saturated carbocycles. The van der Waals surface area contributed by atoms with Crippen LogP contribution in [0, 0.1) is 6.92 Å². The highest BCUT2D eigenvalue weighted by Crippen LogP contribution is 2.28. The largest absolute Gasteiger partial charge is 0.508 e. The quantitative estimate of drug-likeness (QED) is 0.0996. The summed E-state index contributed by atoms with van der Waals surface area (Å²) in [5, 5.41) is 16.9. The molecule has 7 nitrogen and oxygen atoms in total. The van der Waals surface area contributed by atoms with E-state index in [4.69, 9.17) is 9.15 Å². The molecule has 0 spiro atoms. The van der Waals surface area contributed by atoms with Crippen molar-refractivity contribution in [2.75, 3.05) is 23.8 Å². The fourth-order valence-corrected chi connectivity index (χ4v) is 4.32. The Morgan fingerprint density at radius 3 is 2.58 bits per heavy atom. The molecule has 208 valence electrons. The lowest BCUT2D eigenvalue weighted by Gasteiger charge is -2.12. The minimum absolute atomic E-state index is 0.0496. The maximum atomic E-state index is 12.9. The summed E-state index contributed by atoms with van der Waals surface area (Å²) < 4.78 is 11.6. The standard InChI is InChI=1S/C33H36N2O5/c1-22(2)12-13-24-20-26(14-16-29(24)36)32(37)35-28-21-25-15-17-30(23(3)31(25)40-33(28)38)39-19-9-5-8-18-34-27-10-6-4-7-11-27/h4,6-7,10-12,14-17,20-21,34,36H,5,8-9,13,18-19H2,1-3H3,(H,35,37). The number of hydrogen-bond acceptors (Lipinski definition) is 6. The van der Waals surface area contributed by atoms with E-state index in [-0.39, 0.29) is 11.4 Å². The van der Waals surface area contributed by atoms with Crippen molar-refractivity contribution in [3.63, 3.8) is 0 Å².